The Labute approximate surface area is 172 Å². The summed E-state index contributed by atoms with van der Waals surface area (Å²) < 4.78 is 6.96. The number of anilines is 1. The number of rotatable bonds is 3. The van der Waals surface area contributed by atoms with Crippen LogP contribution >= 0.6 is 11.3 Å². The Morgan fingerprint density at radius 2 is 1.72 bits per heavy atom. The van der Waals surface area contributed by atoms with Crippen molar-refractivity contribution in [1.82, 2.24) is 9.88 Å². The van der Waals surface area contributed by atoms with Crippen molar-refractivity contribution in [3.05, 3.63) is 83.4 Å². The zero-order valence-corrected chi connectivity index (χ0v) is 16.6. The monoisotopic (exact) mass is 401 g/mol. The van der Waals surface area contributed by atoms with Gasteiger partial charge in [0.15, 0.2) is 11.2 Å². The first-order chi connectivity index (χ1) is 14.1. The van der Waals surface area contributed by atoms with E-state index in [9.17, 15) is 4.79 Å². The Morgan fingerprint density at radius 1 is 1.07 bits per heavy atom. The van der Waals surface area contributed by atoms with Gasteiger partial charge in [-0.3, -0.25) is 0 Å². The number of thiazole rings is 1. The van der Waals surface area contributed by atoms with E-state index in [-0.39, 0.29) is 12.2 Å². The fourth-order valence-corrected chi connectivity index (χ4v) is 4.65. The molecule has 0 aliphatic heterocycles. The molecule has 1 aromatic heterocycles. The third-order valence-electron chi connectivity index (χ3n) is 5.20. The van der Waals surface area contributed by atoms with Gasteiger partial charge in [-0.25, -0.2) is 9.78 Å². The lowest BCUT2D eigenvalue weighted by molar-refractivity contribution is 0.0844. The van der Waals surface area contributed by atoms with Gasteiger partial charge in [-0.1, -0.05) is 65.9 Å². The minimum Gasteiger partial charge on any atom is -0.436 e. The van der Waals surface area contributed by atoms with Gasteiger partial charge in [0.05, 0.1) is 10.2 Å². The van der Waals surface area contributed by atoms with Crippen LogP contribution in [0.4, 0.5) is 9.93 Å². The number of nitrogens with zero attached hydrogens (tertiary/aromatic N) is 2. The maximum atomic E-state index is 12.9. The van der Waals surface area contributed by atoms with Gasteiger partial charge in [-0.15, -0.1) is 0 Å². The Morgan fingerprint density at radius 3 is 2.41 bits per heavy atom. The molecule has 1 aliphatic rings. The van der Waals surface area contributed by atoms with Crippen LogP contribution in [0.25, 0.3) is 21.3 Å². The molecule has 1 aliphatic carbocycles. The van der Waals surface area contributed by atoms with E-state index in [0.29, 0.717) is 11.7 Å². The van der Waals surface area contributed by atoms with E-state index in [2.05, 4.69) is 17.1 Å². The van der Waals surface area contributed by atoms with E-state index in [1.54, 1.807) is 11.9 Å². The van der Waals surface area contributed by atoms with Crippen LogP contribution in [0.15, 0.2) is 66.7 Å². The van der Waals surface area contributed by atoms with E-state index < -0.39 is 0 Å². The molecule has 0 spiro atoms. The standard InChI is InChI=1S/C23H19N3O2S/c1-26(13-14-10-11-19-20(12-14)29-22(24)25-19)23(27)28-21-17-8-4-2-6-15(17)16-7-3-5-9-18(16)21/h2-12,21H,13H2,1H3,(H2,24,25). The SMILES string of the molecule is CN(Cc1ccc2nc(N)sc2c1)C(=O)OC1c2ccccc2-c2ccccc21. The number of hydrogen-bond acceptors (Lipinski definition) is 5. The number of nitrogen functional groups attached to an aromatic ring is 1. The summed E-state index contributed by atoms with van der Waals surface area (Å²) in [4.78, 5) is 18.7. The number of benzene rings is 3. The second-order valence-electron chi connectivity index (χ2n) is 7.15. The zero-order valence-electron chi connectivity index (χ0n) is 15.8. The summed E-state index contributed by atoms with van der Waals surface area (Å²) in [6.07, 6.45) is -0.744. The van der Waals surface area contributed by atoms with Crippen molar-refractivity contribution < 1.29 is 9.53 Å². The first kappa shape index (κ1) is 17.7. The number of hydrogen-bond donors (Lipinski definition) is 1. The van der Waals surface area contributed by atoms with Crippen molar-refractivity contribution in [3.63, 3.8) is 0 Å². The smallest absolute Gasteiger partial charge is 0.410 e. The minimum atomic E-state index is -0.388. The summed E-state index contributed by atoms with van der Waals surface area (Å²) in [5, 5.41) is 0.545. The number of aromatic nitrogens is 1. The van der Waals surface area contributed by atoms with Crippen molar-refractivity contribution in [1.29, 1.82) is 0 Å². The molecule has 0 radical (unpaired) electrons. The van der Waals surface area contributed by atoms with E-state index in [0.717, 1.165) is 38.0 Å². The molecule has 4 aromatic rings. The number of ether oxygens (including phenoxy) is 1. The van der Waals surface area contributed by atoms with Gasteiger partial charge in [-0.05, 0) is 28.8 Å². The summed E-state index contributed by atoms with van der Waals surface area (Å²) in [5.41, 5.74) is 12.0. The highest BCUT2D eigenvalue weighted by atomic mass is 32.1. The van der Waals surface area contributed by atoms with Crippen LogP contribution in [0.3, 0.4) is 0 Å². The highest BCUT2D eigenvalue weighted by Gasteiger charge is 2.31. The fraction of sp³-hybridized carbons (Fsp3) is 0.130. The number of carbonyl (C=O) groups is 1. The van der Waals surface area contributed by atoms with Crippen LogP contribution in [0.5, 0.6) is 0 Å². The average Bonchev–Trinajstić information content (AvgIpc) is 3.25. The summed E-state index contributed by atoms with van der Waals surface area (Å²) in [7, 11) is 1.75. The van der Waals surface area contributed by atoms with Crippen molar-refractivity contribution in [2.45, 2.75) is 12.6 Å². The van der Waals surface area contributed by atoms with E-state index >= 15 is 0 Å². The quantitative estimate of drug-likeness (QED) is 0.511. The first-order valence-corrected chi connectivity index (χ1v) is 10.2. The Balaban J connectivity index is 1.37. The zero-order chi connectivity index (χ0) is 20.0. The number of amides is 1. The third-order valence-corrected chi connectivity index (χ3v) is 6.04. The van der Waals surface area contributed by atoms with Gasteiger partial charge in [0.2, 0.25) is 0 Å². The summed E-state index contributed by atoms with van der Waals surface area (Å²) in [6, 6.07) is 22.1. The van der Waals surface area contributed by atoms with Crippen LogP contribution in [0.2, 0.25) is 0 Å². The Hall–Kier alpha value is -3.38. The molecule has 1 amide bonds. The molecule has 0 bridgehead atoms. The van der Waals surface area contributed by atoms with Crippen molar-refractivity contribution in [2.24, 2.45) is 0 Å². The highest BCUT2D eigenvalue weighted by molar-refractivity contribution is 7.22. The van der Waals surface area contributed by atoms with Gasteiger partial charge >= 0.3 is 6.09 Å². The van der Waals surface area contributed by atoms with Crippen LogP contribution < -0.4 is 5.73 Å². The van der Waals surface area contributed by atoms with Crippen molar-refractivity contribution >= 4 is 32.8 Å². The molecule has 0 saturated carbocycles. The predicted octanol–water partition coefficient (Wildman–Crippen LogP) is 5.22. The summed E-state index contributed by atoms with van der Waals surface area (Å²) >= 11 is 1.44. The third kappa shape index (κ3) is 3.11. The molecule has 0 unspecified atom stereocenters. The lowest BCUT2D eigenvalue weighted by Gasteiger charge is -2.21. The van der Waals surface area contributed by atoms with Gasteiger partial charge in [0.1, 0.15) is 0 Å². The molecule has 6 heteroatoms. The molecule has 0 fully saturated rings. The Bertz CT molecular complexity index is 1190. The topological polar surface area (TPSA) is 68.5 Å². The maximum absolute atomic E-state index is 12.9. The molecule has 144 valence electrons. The van der Waals surface area contributed by atoms with E-state index in [4.69, 9.17) is 10.5 Å². The predicted molar refractivity (Wildman–Crippen MR) is 116 cm³/mol. The van der Waals surface area contributed by atoms with Crippen LogP contribution in [-0.4, -0.2) is 23.0 Å². The van der Waals surface area contributed by atoms with Gasteiger partial charge in [-0.2, -0.15) is 0 Å². The van der Waals surface area contributed by atoms with Crippen molar-refractivity contribution in [2.75, 3.05) is 12.8 Å². The average molecular weight is 401 g/mol. The van der Waals surface area contributed by atoms with E-state index in [1.807, 2.05) is 54.6 Å². The lowest BCUT2D eigenvalue weighted by atomic mass is 10.1. The molecule has 1 heterocycles. The lowest BCUT2D eigenvalue weighted by Crippen LogP contribution is -2.28. The largest absolute Gasteiger partial charge is 0.436 e. The summed E-state index contributed by atoms with van der Waals surface area (Å²) in [6.45, 7) is 0.447. The van der Waals surface area contributed by atoms with Crippen LogP contribution in [-0.2, 0) is 11.3 Å². The highest BCUT2D eigenvalue weighted by Crippen LogP contribution is 2.45. The minimum absolute atomic E-state index is 0.356. The molecule has 0 saturated heterocycles. The first-order valence-electron chi connectivity index (χ1n) is 9.35. The van der Waals surface area contributed by atoms with Gasteiger partial charge in [0, 0.05) is 24.7 Å². The normalized spacial score (nSPS) is 12.6. The Kier molecular flexibility index (Phi) is 4.21. The van der Waals surface area contributed by atoms with E-state index in [1.165, 1.54) is 11.3 Å². The summed E-state index contributed by atoms with van der Waals surface area (Å²) in [5.74, 6) is 0. The molecular formula is C23H19N3O2S. The fourth-order valence-electron chi connectivity index (χ4n) is 3.85. The maximum Gasteiger partial charge on any atom is 0.410 e. The number of carbonyl (C=O) groups excluding carboxylic acids is 1. The molecular weight excluding hydrogens is 382 g/mol. The molecule has 0 atom stereocenters. The second kappa shape index (κ2) is 6.90. The number of nitrogens with two attached hydrogens (primary N) is 1. The molecule has 2 N–H and O–H groups in total. The second-order valence-corrected chi connectivity index (χ2v) is 8.21. The molecule has 5 nitrogen and oxygen atoms in total. The van der Waals surface area contributed by atoms with Crippen LogP contribution in [0.1, 0.15) is 22.8 Å². The van der Waals surface area contributed by atoms with Crippen molar-refractivity contribution in [3.8, 4) is 11.1 Å². The number of fused-ring (bicyclic) bond motifs is 4. The molecule has 5 rings (SSSR count). The van der Waals surface area contributed by atoms with Gasteiger partial charge < -0.3 is 15.4 Å². The molecule has 29 heavy (non-hydrogen) atoms. The molecule has 3 aromatic carbocycles. The van der Waals surface area contributed by atoms with Crippen LogP contribution in [0, 0.1) is 0 Å². The van der Waals surface area contributed by atoms with Gasteiger partial charge in [0.25, 0.3) is 0 Å².